The van der Waals surface area contributed by atoms with Gasteiger partial charge in [-0.25, -0.2) is 4.98 Å². The summed E-state index contributed by atoms with van der Waals surface area (Å²) in [7, 11) is 1.64. The minimum Gasteiger partial charge on any atom is -0.497 e. The molecule has 146 valence electrons. The number of methoxy groups -OCH3 is 1. The number of hydrogen-bond donors (Lipinski definition) is 0. The Balaban J connectivity index is 1.55. The van der Waals surface area contributed by atoms with E-state index in [1.54, 1.807) is 24.4 Å². The summed E-state index contributed by atoms with van der Waals surface area (Å²) in [4.78, 5) is 24.8. The van der Waals surface area contributed by atoms with E-state index in [9.17, 15) is 4.79 Å². The maximum atomic E-state index is 13.1. The number of benzene rings is 2. The summed E-state index contributed by atoms with van der Waals surface area (Å²) in [5.74, 6) is 1.13. The van der Waals surface area contributed by atoms with Crippen LogP contribution in [-0.2, 0) is 11.3 Å². The van der Waals surface area contributed by atoms with Gasteiger partial charge in [0.05, 0.1) is 29.6 Å². The average molecular weight is 422 g/mol. The third-order valence-electron chi connectivity index (χ3n) is 4.30. The summed E-state index contributed by atoms with van der Waals surface area (Å²) in [6.07, 6.45) is 3.51. The van der Waals surface area contributed by atoms with E-state index in [4.69, 9.17) is 4.74 Å². The van der Waals surface area contributed by atoms with Gasteiger partial charge in [0.1, 0.15) is 5.75 Å². The fourth-order valence-corrected chi connectivity index (χ4v) is 4.56. The Bertz CT molecular complexity index is 1060. The van der Waals surface area contributed by atoms with Gasteiger partial charge in [-0.2, -0.15) is 0 Å². The van der Waals surface area contributed by atoms with E-state index >= 15 is 0 Å². The molecule has 5 nitrogen and oxygen atoms in total. The topological polar surface area (TPSA) is 55.3 Å². The molecule has 0 unspecified atom stereocenters. The van der Waals surface area contributed by atoms with Crippen LogP contribution in [0.25, 0.3) is 10.2 Å². The van der Waals surface area contributed by atoms with Crippen molar-refractivity contribution >= 4 is 44.4 Å². The number of aromatic nitrogens is 2. The summed E-state index contributed by atoms with van der Waals surface area (Å²) < 4.78 is 6.25. The third-order valence-corrected chi connectivity index (χ3v) is 6.36. The number of pyridine rings is 1. The average Bonchev–Trinajstić information content (AvgIpc) is 3.21. The zero-order valence-electron chi connectivity index (χ0n) is 15.8. The molecule has 0 saturated carbocycles. The van der Waals surface area contributed by atoms with Crippen molar-refractivity contribution in [2.45, 2.75) is 11.4 Å². The molecule has 0 saturated heterocycles. The van der Waals surface area contributed by atoms with E-state index in [-0.39, 0.29) is 5.91 Å². The van der Waals surface area contributed by atoms with Crippen molar-refractivity contribution in [2.24, 2.45) is 0 Å². The van der Waals surface area contributed by atoms with Gasteiger partial charge in [-0.15, -0.1) is 11.8 Å². The van der Waals surface area contributed by atoms with E-state index in [1.807, 2.05) is 60.7 Å². The van der Waals surface area contributed by atoms with Gasteiger partial charge in [-0.05, 0) is 48.0 Å². The molecule has 0 aliphatic rings. The van der Waals surface area contributed by atoms with Crippen molar-refractivity contribution in [3.05, 3.63) is 78.6 Å². The molecule has 0 bridgehead atoms. The van der Waals surface area contributed by atoms with E-state index in [0.29, 0.717) is 17.4 Å². The summed E-state index contributed by atoms with van der Waals surface area (Å²) in [6.45, 7) is 0.440. The molecule has 0 fully saturated rings. The first-order chi connectivity index (χ1) is 14.2. The third kappa shape index (κ3) is 4.75. The highest BCUT2D eigenvalue weighted by Gasteiger charge is 2.20. The number of carbonyl (C=O) groups is 1. The van der Waals surface area contributed by atoms with Gasteiger partial charge in [0.2, 0.25) is 5.91 Å². The molecule has 7 heteroatoms. The quantitative estimate of drug-likeness (QED) is 0.392. The molecule has 2 aromatic heterocycles. The molecule has 0 N–H and O–H groups in total. The predicted octanol–water partition coefficient (Wildman–Crippen LogP) is 5.03. The first kappa shape index (κ1) is 19.4. The van der Waals surface area contributed by atoms with Crippen LogP contribution in [0.1, 0.15) is 5.56 Å². The van der Waals surface area contributed by atoms with Crippen LogP contribution in [0.4, 0.5) is 5.13 Å². The lowest BCUT2D eigenvalue weighted by molar-refractivity contribution is -0.116. The van der Waals surface area contributed by atoms with Crippen molar-refractivity contribution in [1.29, 1.82) is 0 Å². The Morgan fingerprint density at radius 3 is 2.66 bits per heavy atom. The molecule has 4 rings (SSSR count). The van der Waals surface area contributed by atoms with Gasteiger partial charge in [0.15, 0.2) is 5.13 Å². The highest BCUT2D eigenvalue weighted by molar-refractivity contribution is 8.00. The van der Waals surface area contributed by atoms with Gasteiger partial charge in [0, 0.05) is 17.3 Å². The summed E-state index contributed by atoms with van der Waals surface area (Å²) in [6, 6.07) is 19.5. The van der Waals surface area contributed by atoms with Gasteiger partial charge in [-0.1, -0.05) is 29.5 Å². The van der Waals surface area contributed by atoms with E-state index < -0.39 is 0 Å². The van der Waals surface area contributed by atoms with Gasteiger partial charge in [0.25, 0.3) is 0 Å². The Kier molecular flexibility index (Phi) is 6.07. The van der Waals surface area contributed by atoms with Gasteiger partial charge < -0.3 is 4.74 Å². The molecular weight excluding hydrogens is 402 g/mol. The SMILES string of the molecule is COc1ccc(SCC(=O)N(Cc2cccnc2)c2nc3ccccc3s2)cc1. The molecule has 2 aromatic carbocycles. The second kappa shape index (κ2) is 9.07. The van der Waals surface area contributed by atoms with Gasteiger partial charge in [-0.3, -0.25) is 14.7 Å². The fraction of sp³-hybridized carbons (Fsp3) is 0.136. The van der Waals surface area contributed by atoms with E-state index in [2.05, 4.69) is 9.97 Å². The van der Waals surface area contributed by atoms with Crippen LogP contribution in [-0.4, -0.2) is 28.7 Å². The van der Waals surface area contributed by atoms with Crippen LogP contribution < -0.4 is 9.64 Å². The Hall–Kier alpha value is -2.90. The van der Waals surface area contributed by atoms with Crippen molar-refractivity contribution in [2.75, 3.05) is 17.8 Å². The Morgan fingerprint density at radius 1 is 1.10 bits per heavy atom. The number of thioether (sulfide) groups is 1. The number of para-hydroxylation sites is 1. The second-order valence-corrected chi connectivity index (χ2v) is 8.33. The van der Waals surface area contributed by atoms with Crippen LogP contribution in [0.15, 0.2) is 78.0 Å². The highest BCUT2D eigenvalue weighted by Crippen LogP contribution is 2.31. The van der Waals surface area contributed by atoms with Crippen molar-refractivity contribution in [3.63, 3.8) is 0 Å². The molecule has 0 aliphatic heterocycles. The van der Waals surface area contributed by atoms with Gasteiger partial charge >= 0.3 is 0 Å². The molecular formula is C22H19N3O2S2. The first-order valence-electron chi connectivity index (χ1n) is 9.04. The number of nitrogens with zero attached hydrogens (tertiary/aromatic N) is 3. The van der Waals surface area contributed by atoms with Crippen molar-refractivity contribution < 1.29 is 9.53 Å². The number of thiazole rings is 1. The fourth-order valence-electron chi connectivity index (χ4n) is 2.81. The molecule has 0 spiro atoms. The number of rotatable bonds is 7. The van der Waals surface area contributed by atoms with Crippen LogP contribution in [0.5, 0.6) is 5.75 Å². The lowest BCUT2D eigenvalue weighted by Gasteiger charge is -2.19. The number of carbonyl (C=O) groups excluding carboxylic acids is 1. The Morgan fingerprint density at radius 2 is 1.93 bits per heavy atom. The maximum Gasteiger partial charge on any atom is 0.239 e. The molecule has 0 atom stereocenters. The van der Waals surface area contributed by atoms with Crippen molar-refractivity contribution in [1.82, 2.24) is 9.97 Å². The normalized spacial score (nSPS) is 10.8. The monoisotopic (exact) mass is 421 g/mol. The highest BCUT2D eigenvalue weighted by atomic mass is 32.2. The maximum absolute atomic E-state index is 13.1. The summed E-state index contributed by atoms with van der Waals surface area (Å²) >= 11 is 3.03. The second-order valence-electron chi connectivity index (χ2n) is 6.27. The molecule has 2 heterocycles. The molecule has 1 amide bonds. The summed E-state index contributed by atoms with van der Waals surface area (Å²) in [5, 5.41) is 0.704. The Labute approximate surface area is 177 Å². The number of amides is 1. The molecule has 29 heavy (non-hydrogen) atoms. The number of hydrogen-bond acceptors (Lipinski definition) is 6. The lowest BCUT2D eigenvalue weighted by atomic mass is 10.2. The largest absolute Gasteiger partial charge is 0.497 e. The van der Waals surface area contributed by atoms with Crippen molar-refractivity contribution in [3.8, 4) is 5.75 Å². The molecule has 4 aromatic rings. The predicted molar refractivity (Wildman–Crippen MR) is 119 cm³/mol. The van der Waals surface area contributed by atoms with E-state index in [1.165, 1.54) is 23.1 Å². The number of fused-ring (bicyclic) bond motifs is 1. The number of anilines is 1. The van der Waals surface area contributed by atoms with Crippen LogP contribution >= 0.6 is 23.1 Å². The standard InChI is InChI=1S/C22H19N3O2S2/c1-27-17-8-10-18(11-9-17)28-15-21(26)25(14-16-5-4-12-23-13-16)22-24-19-6-2-3-7-20(19)29-22/h2-13H,14-15H2,1H3. The lowest BCUT2D eigenvalue weighted by Crippen LogP contribution is -2.31. The zero-order valence-corrected chi connectivity index (χ0v) is 17.5. The smallest absolute Gasteiger partial charge is 0.239 e. The minimum atomic E-state index is 0.00808. The molecule has 0 aliphatic carbocycles. The minimum absolute atomic E-state index is 0.00808. The number of ether oxygens (including phenoxy) is 1. The first-order valence-corrected chi connectivity index (χ1v) is 10.8. The van der Waals surface area contributed by atoms with Crippen LogP contribution in [0, 0.1) is 0 Å². The summed E-state index contributed by atoms with van der Waals surface area (Å²) in [5.41, 5.74) is 1.87. The zero-order chi connectivity index (χ0) is 20.1. The van der Waals surface area contributed by atoms with Crippen LogP contribution in [0.2, 0.25) is 0 Å². The van der Waals surface area contributed by atoms with E-state index in [0.717, 1.165) is 26.4 Å². The van der Waals surface area contributed by atoms with Crippen LogP contribution in [0.3, 0.4) is 0 Å². The molecule has 0 radical (unpaired) electrons.